The summed E-state index contributed by atoms with van der Waals surface area (Å²) < 4.78 is 6.28. The fraction of sp³-hybridized carbons (Fsp3) is 0.143. The van der Waals surface area contributed by atoms with E-state index in [4.69, 9.17) is 10.3 Å². The van der Waals surface area contributed by atoms with E-state index in [-0.39, 0.29) is 0 Å². The number of halogens is 1. The molecule has 3 rings (SSSR count). The lowest BCUT2D eigenvalue weighted by Crippen LogP contribution is -1.87. The molecule has 6 heteroatoms. The second kappa shape index (κ2) is 5.03. The van der Waals surface area contributed by atoms with E-state index >= 15 is 0 Å². The van der Waals surface area contributed by atoms with Gasteiger partial charge in [0.1, 0.15) is 4.88 Å². The van der Waals surface area contributed by atoms with Crippen LogP contribution in [0.1, 0.15) is 11.1 Å². The number of hydrogen-bond acceptors (Lipinski definition) is 5. The van der Waals surface area contributed by atoms with Gasteiger partial charge in [-0.05, 0) is 42.5 Å². The number of anilines is 1. The van der Waals surface area contributed by atoms with Crippen LogP contribution in [0.15, 0.2) is 32.6 Å². The molecule has 1 aromatic carbocycles. The van der Waals surface area contributed by atoms with Crippen molar-refractivity contribution < 1.29 is 4.52 Å². The Morgan fingerprint density at radius 1 is 1.30 bits per heavy atom. The van der Waals surface area contributed by atoms with Gasteiger partial charge in [-0.15, -0.1) is 11.3 Å². The average Bonchev–Trinajstić information content (AvgIpc) is 2.98. The van der Waals surface area contributed by atoms with Crippen LogP contribution in [-0.4, -0.2) is 10.1 Å². The number of nitrogens with zero attached hydrogens (tertiary/aromatic N) is 2. The SMILES string of the molecule is Cc1ccc(-c2noc(-c3scc(C)c3N)n2)c(Br)c1. The van der Waals surface area contributed by atoms with Crippen molar-refractivity contribution in [2.45, 2.75) is 13.8 Å². The fourth-order valence-electron chi connectivity index (χ4n) is 1.85. The zero-order valence-corrected chi connectivity index (χ0v) is 13.4. The molecule has 0 aliphatic heterocycles. The summed E-state index contributed by atoms with van der Waals surface area (Å²) in [5, 5.41) is 6.02. The Labute approximate surface area is 128 Å². The Kier molecular flexibility index (Phi) is 3.35. The van der Waals surface area contributed by atoms with Crippen LogP contribution in [0.5, 0.6) is 0 Å². The molecule has 0 saturated carbocycles. The van der Waals surface area contributed by atoms with Gasteiger partial charge in [-0.2, -0.15) is 4.98 Å². The molecule has 0 atom stereocenters. The third-order valence-electron chi connectivity index (χ3n) is 3.01. The fourth-order valence-corrected chi connectivity index (χ4v) is 3.41. The average molecular weight is 350 g/mol. The monoisotopic (exact) mass is 349 g/mol. The lowest BCUT2D eigenvalue weighted by Gasteiger charge is -1.99. The van der Waals surface area contributed by atoms with Crippen molar-refractivity contribution in [1.82, 2.24) is 10.1 Å². The van der Waals surface area contributed by atoms with E-state index in [1.165, 1.54) is 16.9 Å². The van der Waals surface area contributed by atoms with Gasteiger partial charge in [0.15, 0.2) is 0 Å². The third-order valence-corrected chi connectivity index (χ3v) is 4.77. The van der Waals surface area contributed by atoms with Crippen molar-refractivity contribution in [2.75, 3.05) is 5.73 Å². The van der Waals surface area contributed by atoms with Gasteiger partial charge in [-0.25, -0.2) is 0 Å². The van der Waals surface area contributed by atoms with E-state index in [1.807, 2.05) is 37.4 Å². The number of nitrogens with two attached hydrogens (primary N) is 1. The molecular weight excluding hydrogens is 338 g/mol. The molecule has 0 amide bonds. The second-order valence-electron chi connectivity index (χ2n) is 4.57. The lowest BCUT2D eigenvalue weighted by atomic mass is 10.1. The first-order chi connectivity index (χ1) is 9.56. The molecule has 0 fully saturated rings. The number of aromatic nitrogens is 2. The van der Waals surface area contributed by atoms with Crippen LogP contribution in [0, 0.1) is 13.8 Å². The normalized spacial score (nSPS) is 10.9. The van der Waals surface area contributed by atoms with E-state index in [1.54, 1.807) is 0 Å². The highest BCUT2D eigenvalue weighted by Crippen LogP contribution is 2.35. The number of nitrogen functional groups attached to an aromatic ring is 1. The van der Waals surface area contributed by atoms with Gasteiger partial charge in [0.05, 0.1) is 5.69 Å². The van der Waals surface area contributed by atoms with Gasteiger partial charge in [-0.3, -0.25) is 0 Å². The first kappa shape index (κ1) is 13.3. The minimum absolute atomic E-state index is 0.461. The molecule has 0 bridgehead atoms. The van der Waals surface area contributed by atoms with E-state index < -0.39 is 0 Å². The Morgan fingerprint density at radius 3 is 2.75 bits per heavy atom. The molecule has 0 radical (unpaired) electrons. The van der Waals surface area contributed by atoms with Crippen LogP contribution in [0.2, 0.25) is 0 Å². The first-order valence-corrected chi connectivity index (χ1v) is 7.67. The summed E-state index contributed by atoms with van der Waals surface area (Å²) in [5.74, 6) is 1.01. The molecule has 4 nitrogen and oxygen atoms in total. The topological polar surface area (TPSA) is 64.9 Å². The van der Waals surface area contributed by atoms with Crippen LogP contribution in [0.3, 0.4) is 0 Å². The molecule has 102 valence electrons. The van der Waals surface area contributed by atoms with Crippen LogP contribution in [0.25, 0.3) is 22.2 Å². The first-order valence-electron chi connectivity index (χ1n) is 6.00. The number of hydrogen-bond donors (Lipinski definition) is 1. The molecule has 0 aliphatic rings. The van der Waals surface area contributed by atoms with E-state index in [2.05, 4.69) is 26.1 Å². The Hall–Kier alpha value is -1.66. The molecule has 3 aromatic rings. The van der Waals surface area contributed by atoms with Gasteiger partial charge in [0.25, 0.3) is 5.89 Å². The number of aryl methyl sites for hydroxylation is 2. The van der Waals surface area contributed by atoms with Crippen molar-refractivity contribution in [3.8, 4) is 22.2 Å². The maximum absolute atomic E-state index is 6.01. The van der Waals surface area contributed by atoms with E-state index in [0.29, 0.717) is 17.4 Å². The lowest BCUT2D eigenvalue weighted by molar-refractivity contribution is 0.433. The maximum Gasteiger partial charge on any atom is 0.270 e. The molecule has 20 heavy (non-hydrogen) atoms. The molecule has 2 N–H and O–H groups in total. The highest BCUT2D eigenvalue weighted by atomic mass is 79.9. The zero-order chi connectivity index (χ0) is 14.3. The Balaban J connectivity index is 2.04. The highest BCUT2D eigenvalue weighted by Gasteiger charge is 2.17. The predicted octanol–water partition coefficient (Wildman–Crippen LogP) is 4.43. The summed E-state index contributed by atoms with van der Waals surface area (Å²) in [6.07, 6.45) is 0. The van der Waals surface area contributed by atoms with E-state index in [9.17, 15) is 0 Å². The van der Waals surface area contributed by atoms with Crippen LogP contribution < -0.4 is 5.73 Å². The quantitative estimate of drug-likeness (QED) is 0.743. The maximum atomic E-state index is 6.01. The highest BCUT2D eigenvalue weighted by molar-refractivity contribution is 9.10. The second-order valence-corrected chi connectivity index (χ2v) is 6.30. The number of thiophene rings is 1. The summed E-state index contributed by atoms with van der Waals surface area (Å²) >= 11 is 5.04. The largest absolute Gasteiger partial charge is 0.397 e. The van der Waals surface area contributed by atoms with Crippen LogP contribution in [-0.2, 0) is 0 Å². The predicted molar refractivity (Wildman–Crippen MR) is 84.6 cm³/mol. The van der Waals surface area contributed by atoms with E-state index in [0.717, 1.165) is 20.5 Å². The number of benzene rings is 1. The minimum Gasteiger partial charge on any atom is -0.397 e. The standard InChI is InChI=1S/C14H12BrN3OS/c1-7-3-4-9(10(15)5-7)13-17-14(19-18-13)12-11(16)8(2)6-20-12/h3-6H,16H2,1-2H3. The Morgan fingerprint density at radius 2 is 2.10 bits per heavy atom. The van der Waals surface area contributed by atoms with Crippen molar-refractivity contribution in [2.24, 2.45) is 0 Å². The number of rotatable bonds is 2. The minimum atomic E-state index is 0.461. The van der Waals surface area contributed by atoms with Crippen LogP contribution in [0.4, 0.5) is 5.69 Å². The van der Waals surface area contributed by atoms with Crippen molar-refractivity contribution in [3.63, 3.8) is 0 Å². The smallest absolute Gasteiger partial charge is 0.270 e. The molecule has 0 unspecified atom stereocenters. The molecule has 0 spiro atoms. The van der Waals surface area contributed by atoms with Crippen LogP contribution >= 0.6 is 27.3 Å². The molecular formula is C14H12BrN3OS. The summed E-state index contributed by atoms with van der Waals surface area (Å²) in [6, 6.07) is 6.01. The van der Waals surface area contributed by atoms with Crippen molar-refractivity contribution in [1.29, 1.82) is 0 Å². The molecule has 2 aromatic heterocycles. The summed E-state index contributed by atoms with van der Waals surface area (Å²) in [5.41, 5.74) is 9.81. The molecule has 0 aliphatic carbocycles. The summed E-state index contributed by atoms with van der Waals surface area (Å²) in [7, 11) is 0. The van der Waals surface area contributed by atoms with Gasteiger partial charge in [0.2, 0.25) is 5.82 Å². The van der Waals surface area contributed by atoms with Crippen molar-refractivity contribution in [3.05, 3.63) is 39.2 Å². The van der Waals surface area contributed by atoms with Crippen molar-refractivity contribution >= 4 is 33.0 Å². The van der Waals surface area contributed by atoms with Gasteiger partial charge in [-0.1, -0.05) is 27.2 Å². The molecule has 0 saturated heterocycles. The van der Waals surface area contributed by atoms with Gasteiger partial charge < -0.3 is 10.3 Å². The van der Waals surface area contributed by atoms with Gasteiger partial charge >= 0.3 is 0 Å². The molecule has 2 heterocycles. The Bertz CT molecular complexity index is 779. The van der Waals surface area contributed by atoms with Gasteiger partial charge in [0, 0.05) is 10.0 Å². The zero-order valence-electron chi connectivity index (χ0n) is 11.0. The third kappa shape index (κ3) is 2.25. The summed E-state index contributed by atoms with van der Waals surface area (Å²) in [6.45, 7) is 3.99. The summed E-state index contributed by atoms with van der Waals surface area (Å²) in [4.78, 5) is 5.26.